The highest BCUT2D eigenvalue weighted by Crippen LogP contribution is 2.21. The Balaban J connectivity index is 2.76. The number of methoxy groups -OCH3 is 1. The highest BCUT2D eigenvalue weighted by Gasteiger charge is 2.16. The Bertz CT molecular complexity index is 494. The van der Waals surface area contributed by atoms with Gasteiger partial charge in [-0.1, -0.05) is 25.2 Å². The van der Waals surface area contributed by atoms with E-state index in [1.165, 1.54) is 11.3 Å². The predicted molar refractivity (Wildman–Crippen MR) is 83.0 cm³/mol. The molecule has 1 aromatic rings. The summed E-state index contributed by atoms with van der Waals surface area (Å²) in [5.41, 5.74) is 6.38. The molecule has 1 aromatic heterocycles. The fourth-order valence-electron chi connectivity index (χ4n) is 1.85. The molecule has 0 saturated carbocycles. The van der Waals surface area contributed by atoms with Crippen LogP contribution in [0.2, 0.25) is 0 Å². The molecule has 0 saturated heterocycles. The molecule has 0 aliphatic rings. The third-order valence-electron chi connectivity index (χ3n) is 2.79. The van der Waals surface area contributed by atoms with Crippen molar-refractivity contribution in [3.8, 4) is 11.8 Å². The first-order valence-electron chi connectivity index (χ1n) is 6.71. The van der Waals surface area contributed by atoms with Gasteiger partial charge in [0.15, 0.2) is 0 Å². The van der Waals surface area contributed by atoms with Gasteiger partial charge in [0.25, 0.3) is 5.91 Å². The lowest BCUT2D eigenvalue weighted by molar-refractivity contribution is 0.0895. The molecule has 1 unspecified atom stereocenters. The number of hydrogen-bond donors (Lipinski definition) is 2. The summed E-state index contributed by atoms with van der Waals surface area (Å²) in [6, 6.07) is 1.93. The standard InChI is InChI=1S/C15H22N2O2S/c1-4-6-12(10-19-3)17-15(18)14-9-11(2)13(20-14)7-5-8-16/h9,12H,4,6,8,10,16H2,1-3H3,(H,17,18). The lowest BCUT2D eigenvalue weighted by atomic mass is 10.2. The maximum absolute atomic E-state index is 12.2. The summed E-state index contributed by atoms with van der Waals surface area (Å²) in [5, 5.41) is 3.01. The monoisotopic (exact) mass is 294 g/mol. The maximum atomic E-state index is 12.2. The van der Waals surface area contributed by atoms with Crippen LogP contribution in [-0.4, -0.2) is 32.2 Å². The number of thiophene rings is 1. The van der Waals surface area contributed by atoms with E-state index in [9.17, 15) is 4.79 Å². The minimum Gasteiger partial charge on any atom is -0.383 e. The summed E-state index contributed by atoms with van der Waals surface area (Å²) in [4.78, 5) is 13.8. The van der Waals surface area contributed by atoms with Crippen molar-refractivity contribution < 1.29 is 9.53 Å². The van der Waals surface area contributed by atoms with Crippen molar-refractivity contribution in [1.29, 1.82) is 0 Å². The van der Waals surface area contributed by atoms with E-state index < -0.39 is 0 Å². The van der Waals surface area contributed by atoms with Gasteiger partial charge in [-0.15, -0.1) is 11.3 Å². The molecule has 1 amide bonds. The van der Waals surface area contributed by atoms with E-state index in [-0.39, 0.29) is 11.9 Å². The smallest absolute Gasteiger partial charge is 0.261 e. The van der Waals surface area contributed by atoms with E-state index in [4.69, 9.17) is 10.5 Å². The summed E-state index contributed by atoms with van der Waals surface area (Å²) >= 11 is 1.40. The first-order chi connectivity index (χ1) is 9.62. The fraction of sp³-hybridized carbons (Fsp3) is 0.533. The summed E-state index contributed by atoms with van der Waals surface area (Å²) < 4.78 is 5.13. The van der Waals surface area contributed by atoms with Crippen LogP contribution in [0.3, 0.4) is 0 Å². The molecule has 0 spiro atoms. The van der Waals surface area contributed by atoms with Gasteiger partial charge in [-0.05, 0) is 25.0 Å². The van der Waals surface area contributed by atoms with Crippen molar-refractivity contribution in [2.45, 2.75) is 32.7 Å². The average Bonchev–Trinajstić information content (AvgIpc) is 2.78. The van der Waals surface area contributed by atoms with Gasteiger partial charge in [0.1, 0.15) is 0 Å². The van der Waals surface area contributed by atoms with Crippen molar-refractivity contribution in [3.63, 3.8) is 0 Å². The molecule has 0 fully saturated rings. The van der Waals surface area contributed by atoms with E-state index in [2.05, 4.69) is 24.1 Å². The van der Waals surface area contributed by atoms with Gasteiger partial charge < -0.3 is 15.8 Å². The molecule has 0 radical (unpaired) electrons. The van der Waals surface area contributed by atoms with E-state index in [1.54, 1.807) is 7.11 Å². The Labute approximate surface area is 124 Å². The number of carbonyl (C=O) groups excluding carboxylic acids is 1. The number of carbonyl (C=O) groups is 1. The van der Waals surface area contributed by atoms with Crippen LogP contribution in [-0.2, 0) is 4.74 Å². The summed E-state index contributed by atoms with van der Waals surface area (Å²) in [6.45, 7) is 4.90. The van der Waals surface area contributed by atoms with Crippen molar-refractivity contribution in [2.75, 3.05) is 20.3 Å². The van der Waals surface area contributed by atoms with Crippen LogP contribution in [0.1, 0.15) is 39.9 Å². The van der Waals surface area contributed by atoms with Gasteiger partial charge >= 0.3 is 0 Å². The Hall–Kier alpha value is -1.35. The zero-order valence-corrected chi connectivity index (χ0v) is 13.1. The maximum Gasteiger partial charge on any atom is 0.261 e. The number of ether oxygens (including phenoxy) is 1. The Morgan fingerprint density at radius 3 is 2.95 bits per heavy atom. The van der Waals surface area contributed by atoms with Gasteiger partial charge in [0.05, 0.1) is 28.9 Å². The normalized spacial score (nSPS) is 11.6. The van der Waals surface area contributed by atoms with Crippen molar-refractivity contribution in [2.24, 2.45) is 5.73 Å². The summed E-state index contributed by atoms with van der Waals surface area (Å²) in [7, 11) is 1.64. The van der Waals surface area contributed by atoms with Crippen LogP contribution in [0.4, 0.5) is 0 Å². The van der Waals surface area contributed by atoms with E-state index >= 15 is 0 Å². The van der Waals surface area contributed by atoms with E-state index in [0.717, 1.165) is 23.3 Å². The van der Waals surface area contributed by atoms with Crippen LogP contribution in [0.15, 0.2) is 6.07 Å². The molecule has 0 aliphatic heterocycles. The number of rotatable bonds is 6. The molecule has 1 atom stereocenters. The number of amides is 1. The Morgan fingerprint density at radius 2 is 2.35 bits per heavy atom. The zero-order valence-electron chi connectivity index (χ0n) is 12.3. The molecule has 1 heterocycles. The summed E-state index contributed by atoms with van der Waals surface area (Å²) in [5.74, 6) is 5.75. The van der Waals surface area contributed by atoms with Crippen molar-refractivity contribution in [1.82, 2.24) is 5.32 Å². The number of nitrogens with two attached hydrogens (primary N) is 1. The molecule has 4 nitrogen and oxygen atoms in total. The van der Waals surface area contributed by atoms with Gasteiger partial charge in [-0.3, -0.25) is 4.79 Å². The van der Waals surface area contributed by atoms with Crippen LogP contribution in [0.25, 0.3) is 0 Å². The topological polar surface area (TPSA) is 64.3 Å². The predicted octanol–water partition coefficient (Wildman–Crippen LogP) is 1.91. The summed E-state index contributed by atoms with van der Waals surface area (Å²) in [6.07, 6.45) is 1.91. The number of nitrogens with one attached hydrogen (secondary N) is 1. The first-order valence-corrected chi connectivity index (χ1v) is 7.53. The first kappa shape index (κ1) is 16.7. The van der Waals surface area contributed by atoms with E-state index in [1.807, 2.05) is 13.0 Å². The van der Waals surface area contributed by atoms with Crippen LogP contribution in [0.5, 0.6) is 0 Å². The van der Waals surface area contributed by atoms with Gasteiger partial charge in [-0.25, -0.2) is 0 Å². The second kappa shape index (κ2) is 8.75. The molecule has 0 bridgehead atoms. The minimum atomic E-state index is -0.0607. The lowest BCUT2D eigenvalue weighted by Gasteiger charge is -2.16. The average molecular weight is 294 g/mol. The minimum absolute atomic E-state index is 0.0542. The molecular weight excluding hydrogens is 272 g/mol. The Kier molecular flexibility index (Phi) is 7.31. The highest BCUT2D eigenvalue weighted by molar-refractivity contribution is 7.14. The SMILES string of the molecule is CCCC(COC)NC(=O)c1cc(C)c(C#CCN)s1. The molecule has 0 aliphatic carbocycles. The zero-order chi connectivity index (χ0) is 15.0. The number of aryl methyl sites for hydroxylation is 1. The van der Waals surface area contributed by atoms with Crippen LogP contribution >= 0.6 is 11.3 Å². The third-order valence-corrected chi connectivity index (χ3v) is 3.94. The molecular formula is C15H22N2O2S. The van der Waals surface area contributed by atoms with Crippen LogP contribution in [0, 0.1) is 18.8 Å². The lowest BCUT2D eigenvalue weighted by Crippen LogP contribution is -2.37. The third kappa shape index (κ3) is 4.97. The largest absolute Gasteiger partial charge is 0.383 e. The second-order valence-corrected chi connectivity index (χ2v) is 5.60. The Morgan fingerprint density at radius 1 is 1.60 bits per heavy atom. The van der Waals surface area contributed by atoms with Gasteiger partial charge in [0.2, 0.25) is 0 Å². The van der Waals surface area contributed by atoms with Crippen LogP contribution < -0.4 is 11.1 Å². The highest BCUT2D eigenvalue weighted by atomic mass is 32.1. The number of hydrogen-bond acceptors (Lipinski definition) is 4. The molecule has 110 valence electrons. The molecule has 5 heteroatoms. The van der Waals surface area contributed by atoms with Crippen molar-refractivity contribution in [3.05, 3.63) is 21.4 Å². The molecule has 1 rings (SSSR count). The van der Waals surface area contributed by atoms with Gasteiger partial charge in [-0.2, -0.15) is 0 Å². The van der Waals surface area contributed by atoms with E-state index in [0.29, 0.717) is 18.0 Å². The van der Waals surface area contributed by atoms with Gasteiger partial charge in [0, 0.05) is 7.11 Å². The second-order valence-electron chi connectivity index (χ2n) is 4.54. The molecule has 20 heavy (non-hydrogen) atoms. The molecule has 0 aromatic carbocycles. The molecule has 3 N–H and O–H groups in total. The quantitative estimate of drug-likeness (QED) is 0.788. The van der Waals surface area contributed by atoms with Crippen molar-refractivity contribution >= 4 is 17.2 Å². The fourth-order valence-corrected chi connectivity index (χ4v) is 2.80.